The fourth-order valence-corrected chi connectivity index (χ4v) is 3.05. The number of fused-ring (bicyclic) bond motifs is 1. The largest absolute Gasteiger partial charge is 0.313 e. The molecule has 0 bridgehead atoms. The Morgan fingerprint density at radius 3 is 2.43 bits per heavy atom. The zero-order valence-corrected chi connectivity index (χ0v) is 13.2. The van der Waals surface area contributed by atoms with Gasteiger partial charge in [-0.3, -0.25) is 4.79 Å². The van der Waals surface area contributed by atoms with Gasteiger partial charge in [0, 0.05) is 22.3 Å². The van der Waals surface area contributed by atoms with Crippen molar-refractivity contribution in [2.75, 3.05) is 0 Å². The molecule has 23 heavy (non-hydrogen) atoms. The normalized spacial score (nSPS) is 11.4. The quantitative estimate of drug-likeness (QED) is 0.613. The number of aromatic nitrogens is 1. The standard InChI is InChI=1S/C19H17F2NO/c1-11(2)19-16(10-23)15-9-13(20)4-7-18(15)22(19)14-5-6-17(21)12(3)8-14/h4-11H,1-3H3. The minimum absolute atomic E-state index is 0.0519. The SMILES string of the molecule is Cc1cc(-n2c(C(C)C)c(C=O)c3cc(F)ccc32)ccc1F. The van der Waals surface area contributed by atoms with Gasteiger partial charge in [0.15, 0.2) is 6.29 Å². The molecule has 0 aliphatic rings. The number of hydrogen-bond acceptors (Lipinski definition) is 1. The molecule has 0 fully saturated rings. The monoisotopic (exact) mass is 313 g/mol. The van der Waals surface area contributed by atoms with Gasteiger partial charge in [0.05, 0.1) is 5.52 Å². The summed E-state index contributed by atoms with van der Waals surface area (Å²) in [7, 11) is 0. The summed E-state index contributed by atoms with van der Waals surface area (Å²) in [4.78, 5) is 11.6. The first-order valence-corrected chi connectivity index (χ1v) is 7.49. The Kier molecular flexibility index (Phi) is 3.76. The summed E-state index contributed by atoms with van der Waals surface area (Å²) in [6.07, 6.45) is 0.768. The van der Waals surface area contributed by atoms with E-state index in [1.165, 1.54) is 18.2 Å². The first kappa shape index (κ1) is 15.4. The second-order valence-electron chi connectivity index (χ2n) is 6.00. The van der Waals surface area contributed by atoms with Crippen LogP contribution in [-0.4, -0.2) is 10.9 Å². The predicted molar refractivity (Wildman–Crippen MR) is 87.4 cm³/mol. The molecule has 0 N–H and O–H groups in total. The van der Waals surface area contributed by atoms with Crippen LogP contribution in [-0.2, 0) is 0 Å². The Hall–Kier alpha value is -2.49. The third-order valence-electron chi connectivity index (χ3n) is 4.07. The van der Waals surface area contributed by atoms with Crippen LogP contribution in [0, 0.1) is 18.6 Å². The molecule has 118 valence electrons. The van der Waals surface area contributed by atoms with E-state index in [0.29, 0.717) is 16.5 Å². The number of hydrogen-bond donors (Lipinski definition) is 0. The predicted octanol–water partition coefficient (Wildman–Crippen LogP) is 5.15. The van der Waals surface area contributed by atoms with Crippen molar-refractivity contribution in [1.82, 2.24) is 4.57 Å². The van der Waals surface area contributed by atoms with Crippen LogP contribution in [0.1, 0.15) is 41.4 Å². The van der Waals surface area contributed by atoms with Gasteiger partial charge in [0.2, 0.25) is 0 Å². The molecule has 0 spiro atoms. The highest BCUT2D eigenvalue weighted by molar-refractivity contribution is 6.00. The summed E-state index contributed by atoms with van der Waals surface area (Å²) in [5.74, 6) is -0.614. The van der Waals surface area contributed by atoms with Crippen molar-refractivity contribution in [2.45, 2.75) is 26.7 Å². The van der Waals surface area contributed by atoms with Crippen LogP contribution >= 0.6 is 0 Å². The highest BCUT2D eigenvalue weighted by atomic mass is 19.1. The summed E-state index contributed by atoms with van der Waals surface area (Å²) in [6.45, 7) is 5.65. The number of carbonyl (C=O) groups excluding carboxylic acids is 1. The van der Waals surface area contributed by atoms with E-state index >= 15 is 0 Å². The van der Waals surface area contributed by atoms with E-state index in [1.807, 2.05) is 18.4 Å². The lowest BCUT2D eigenvalue weighted by Gasteiger charge is -2.15. The van der Waals surface area contributed by atoms with Crippen molar-refractivity contribution < 1.29 is 13.6 Å². The number of benzene rings is 2. The number of nitrogens with zero attached hydrogens (tertiary/aromatic N) is 1. The van der Waals surface area contributed by atoms with Crippen LogP contribution in [0.4, 0.5) is 8.78 Å². The summed E-state index contributed by atoms with van der Waals surface area (Å²) in [6, 6.07) is 9.21. The molecule has 0 aliphatic heterocycles. The molecule has 1 aromatic heterocycles. The average Bonchev–Trinajstić information content (AvgIpc) is 2.83. The van der Waals surface area contributed by atoms with Crippen molar-refractivity contribution in [1.29, 1.82) is 0 Å². The van der Waals surface area contributed by atoms with E-state index in [0.717, 1.165) is 23.2 Å². The first-order chi connectivity index (χ1) is 10.9. The number of aldehydes is 1. The van der Waals surface area contributed by atoms with Crippen molar-refractivity contribution in [3.8, 4) is 5.69 Å². The molecule has 0 radical (unpaired) electrons. The molecule has 2 nitrogen and oxygen atoms in total. The van der Waals surface area contributed by atoms with Gasteiger partial charge in [-0.1, -0.05) is 13.8 Å². The van der Waals surface area contributed by atoms with Crippen molar-refractivity contribution in [3.05, 3.63) is 64.9 Å². The molecule has 2 aromatic carbocycles. The van der Waals surface area contributed by atoms with Gasteiger partial charge in [0.1, 0.15) is 11.6 Å². The first-order valence-electron chi connectivity index (χ1n) is 7.49. The smallest absolute Gasteiger partial charge is 0.152 e. The third kappa shape index (κ3) is 2.44. The van der Waals surface area contributed by atoms with Crippen LogP contribution in [0.5, 0.6) is 0 Å². The minimum Gasteiger partial charge on any atom is -0.313 e. The third-order valence-corrected chi connectivity index (χ3v) is 4.07. The van der Waals surface area contributed by atoms with Gasteiger partial charge in [0.25, 0.3) is 0 Å². The number of aryl methyl sites for hydroxylation is 1. The topological polar surface area (TPSA) is 22.0 Å². The lowest BCUT2D eigenvalue weighted by Crippen LogP contribution is -2.04. The van der Waals surface area contributed by atoms with Crippen LogP contribution < -0.4 is 0 Å². The molecule has 3 aromatic rings. The molecule has 0 saturated carbocycles. The Bertz CT molecular complexity index is 909. The van der Waals surface area contributed by atoms with Gasteiger partial charge in [-0.05, 0) is 54.8 Å². The van der Waals surface area contributed by atoms with Crippen LogP contribution in [0.3, 0.4) is 0 Å². The second-order valence-corrected chi connectivity index (χ2v) is 6.00. The van der Waals surface area contributed by atoms with E-state index < -0.39 is 0 Å². The zero-order valence-electron chi connectivity index (χ0n) is 13.2. The summed E-state index contributed by atoms with van der Waals surface area (Å²) in [5.41, 5.74) is 3.30. The summed E-state index contributed by atoms with van der Waals surface area (Å²) >= 11 is 0. The molecule has 0 saturated heterocycles. The lowest BCUT2D eigenvalue weighted by molar-refractivity contribution is 0.112. The van der Waals surface area contributed by atoms with Crippen molar-refractivity contribution >= 4 is 17.2 Å². The lowest BCUT2D eigenvalue weighted by atomic mass is 10.0. The molecule has 3 rings (SSSR count). The molecule has 4 heteroatoms. The fraction of sp³-hybridized carbons (Fsp3) is 0.211. The maximum atomic E-state index is 13.6. The van der Waals surface area contributed by atoms with Gasteiger partial charge in [-0.15, -0.1) is 0 Å². The van der Waals surface area contributed by atoms with Gasteiger partial charge >= 0.3 is 0 Å². The van der Waals surface area contributed by atoms with Crippen molar-refractivity contribution in [2.24, 2.45) is 0 Å². The highest BCUT2D eigenvalue weighted by Gasteiger charge is 2.21. The molecule has 1 heterocycles. The van der Waals surface area contributed by atoms with Gasteiger partial charge < -0.3 is 4.57 Å². The number of rotatable bonds is 3. The Labute approximate surface area is 133 Å². The molecule has 0 aliphatic carbocycles. The molecule has 0 atom stereocenters. The fourth-order valence-electron chi connectivity index (χ4n) is 3.05. The number of carbonyl (C=O) groups is 1. The number of halogens is 2. The molecular weight excluding hydrogens is 296 g/mol. The average molecular weight is 313 g/mol. The maximum absolute atomic E-state index is 13.6. The Morgan fingerprint density at radius 2 is 1.83 bits per heavy atom. The highest BCUT2D eigenvalue weighted by Crippen LogP contribution is 2.34. The van der Waals surface area contributed by atoms with Gasteiger partial charge in [-0.2, -0.15) is 0 Å². The van der Waals surface area contributed by atoms with Crippen LogP contribution in [0.2, 0.25) is 0 Å². The minimum atomic E-state index is -0.386. The van der Waals surface area contributed by atoms with Gasteiger partial charge in [-0.25, -0.2) is 8.78 Å². The summed E-state index contributed by atoms with van der Waals surface area (Å²) < 4.78 is 29.1. The Balaban J connectivity index is 2.45. The van der Waals surface area contributed by atoms with E-state index in [2.05, 4.69) is 0 Å². The van der Waals surface area contributed by atoms with E-state index in [1.54, 1.807) is 25.1 Å². The zero-order chi connectivity index (χ0) is 16.7. The Morgan fingerprint density at radius 1 is 1.09 bits per heavy atom. The summed E-state index contributed by atoms with van der Waals surface area (Å²) in [5, 5.41) is 0.575. The van der Waals surface area contributed by atoms with Crippen molar-refractivity contribution in [3.63, 3.8) is 0 Å². The van der Waals surface area contributed by atoms with E-state index in [9.17, 15) is 13.6 Å². The van der Waals surface area contributed by atoms with E-state index in [4.69, 9.17) is 0 Å². The molecule has 0 amide bonds. The van der Waals surface area contributed by atoms with E-state index in [-0.39, 0.29) is 17.6 Å². The molecule has 0 unspecified atom stereocenters. The maximum Gasteiger partial charge on any atom is 0.152 e. The van der Waals surface area contributed by atoms with Crippen LogP contribution in [0.15, 0.2) is 36.4 Å². The van der Waals surface area contributed by atoms with Crippen LogP contribution in [0.25, 0.3) is 16.6 Å². The molecular formula is C19H17F2NO. The second kappa shape index (κ2) is 5.61.